The van der Waals surface area contributed by atoms with E-state index in [9.17, 15) is 10.2 Å². The van der Waals surface area contributed by atoms with Gasteiger partial charge in [0.1, 0.15) is 5.75 Å². The van der Waals surface area contributed by atoms with Crippen LogP contribution in [0.3, 0.4) is 0 Å². The van der Waals surface area contributed by atoms with Gasteiger partial charge in [0.15, 0.2) is 0 Å². The molecule has 112 valence electrons. The average molecular weight is 313 g/mol. The normalized spacial score (nSPS) is 11.8. The van der Waals surface area contributed by atoms with Crippen molar-refractivity contribution < 1.29 is 10.2 Å². The summed E-state index contributed by atoms with van der Waals surface area (Å²) >= 11 is 6.08. The van der Waals surface area contributed by atoms with E-state index < -0.39 is 5.60 Å². The summed E-state index contributed by atoms with van der Waals surface area (Å²) < 4.78 is 0. The van der Waals surface area contributed by atoms with Crippen molar-refractivity contribution in [3.8, 4) is 16.9 Å². The molecule has 2 nitrogen and oxygen atoms in total. The fraction of sp³-hybridized carbons (Fsp3) is 0.158. The van der Waals surface area contributed by atoms with Gasteiger partial charge in [-0.1, -0.05) is 35.9 Å². The summed E-state index contributed by atoms with van der Waals surface area (Å²) in [5.41, 5.74) is 1.77. The lowest BCUT2D eigenvalue weighted by molar-refractivity contribution is 0.0792. The van der Waals surface area contributed by atoms with Gasteiger partial charge in [-0.25, -0.2) is 0 Å². The SMILES string of the molecule is CC(C)(O)c1cc(Cl)ccc1-c1ccc2cc(O)ccc2c1. The second-order valence-corrected chi connectivity index (χ2v) is 6.43. The molecule has 3 rings (SSSR count). The molecule has 0 unspecified atom stereocenters. The third-order valence-corrected chi connectivity index (χ3v) is 4.01. The van der Waals surface area contributed by atoms with E-state index >= 15 is 0 Å². The number of fused-ring (bicyclic) bond motifs is 1. The highest BCUT2D eigenvalue weighted by molar-refractivity contribution is 6.30. The fourth-order valence-corrected chi connectivity index (χ4v) is 2.85. The smallest absolute Gasteiger partial charge is 0.116 e. The number of phenolic OH excluding ortho intramolecular Hbond substituents is 1. The van der Waals surface area contributed by atoms with E-state index in [2.05, 4.69) is 0 Å². The van der Waals surface area contributed by atoms with E-state index in [1.807, 2.05) is 36.4 Å². The highest BCUT2D eigenvalue weighted by atomic mass is 35.5. The van der Waals surface area contributed by atoms with Gasteiger partial charge in [-0.3, -0.25) is 0 Å². The van der Waals surface area contributed by atoms with E-state index in [1.165, 1.54) is 0 Å². The van der Waals surface area contributed by atoms with Crippen LogP contribution in [-0.2, 0) is 5.60 Å². The first-order valence-corrected chi connectivity index (χ1v) is 7.48. The lowest BCUT2D eigenvalue weighted by atomic mass is 9.89. The summed E-state index contributed by atoms with van der Waals surface area (Å²) in [4.78, 5) is 0. The molecular weight excluding hydrogens is 296 g/mol. The summed E-state index contributed by atoms with van der Waals surface area (Å²) in [6.45, 7) is 3.50. The van der Waals surface area contributed by atoms with Crippen LogP contribution in [0, 0.1) is 0 Å². The maximum atomic E-state index is 10.4. The quantitative estimate of drug-likeness (QED) is 0.691. The molecule has 3 aromatic rings. The molecular formula is C19H17ClO2. The van der Waals surface area contributed by atoms with Crippen LogP contribution in [0.5, 0.6) is 5.75 Å². The largest absolute Gasteiger partial charge is 0.508 e. The Kier molecular flexibility index (Phi) is 3.59. The highest BCUT2D eigenvalue weighted by Crippen LogP contribution is 2.35. The molecule has 0 atom stereocenters. The second-order valence-electron chi connectivity index (χ2n) is 6.00. The summed E-state index contributed by atoms with van der Waals surface area (Å²) in [5, 5.41) is 22.6. The third kappa shape index (κ3) is 2.80. The zero-order valence-corrected chi connectivity index (χ0v) is 13.2. The summed E-state index contributed by atoms with van der Waals surface area (Å²) in [6.07, 6.45) is 0. The fourth-order valence-electron chi connectivity index (χ4n) is 2.68. The lowest BCUT2D eigenvalue weighted by Gasteiger charge is -2.22. The van der Waals surface area contributed by atoms with Gasteiger partial charge in [-0.2, -0.15) is 0 Å². The van der Waals surface area contributed by atoms with Crippen LogP contribution in [0.2, 0.25) is 5.02 Å². The van der Waals surface area contributed by atoms with E-state index in [0.717, 1.165) is 27.5 Å². The molecule has 0 aliphatic carbocycles. The van der Waals surface area contributed by atoms with Crippen LogP contribution >= 0.6 is 11.6 Å². The molecule has 3 heteroatoms. The first-order valence-electron chi connectivity index (χ1n) is 7.10. The predicted molar refractivity (Wildman–Crippen MR) is 91.3 cm³/mol. The van der Waals surface area contributed by atoms with Crippen LogP contribution < -0.4 is 0 Å². The maximum Gasteiger partial charge on any atom is 0.116 e. The Hall–Kier alpha value is -2.03. The summed E-state index contributed by atoms with van der Waals surface area (Å²) in [7, 11) is 0. The third-order valence-electron chi connectivity index (χ3n) is 3.78. The Morgan fingerprint density at radius 2 is 1.55 bits per heavy atom. The molecule has 3 aromatic carbocycles. The molecule has 0 aromatic heterocycles. The van der Waals surface area contributed by atoms with Gasteiger partial charge in [-0.05, 0) is 71.6 Å². The number of hydrogen-bond donors (Lipinski definition) is 2. The standard InChI is InChI=1S/C19H17ClO2/c1-19(2,22)18-11-15(20)6-8-17(18)14-4-3-13-10-16(21)7-5-12(13)9-14/h3-11,21-22H,1-2H3. The van der Waals surface area contributed by atoms with Crippen LogP contribution in [0.15, 0.2) is 54.6 Å². The number of halogens is 1. The molecule has 0 bridgehead atoms. The number of phenols is 1. The number of aliphatic hydroxyl groups is 1. The van der Waals surface area contributed by atoms with Crippen molar-refractivity contribution in [3.05, 3.63) is 65.2 Å². The van der Waals surface area contributed by atoms with Gasteiger partial charge in [-0.15, -0.1) is 0 Å². The predicted octanol–water partition coefficient (Wildman–Crippen LogP) is 5.09. The second kappa shape index (κ2) is 5.31. The zero-order valence-electron chi connectivity index (χ0n) is 12.5. The van der Waals surface area contributed by atoms with E-state index in [-0.39, 0.29) is 5.75 Å². The average Bonchev–Trinajstić information content (AvgIpc) is 2.46. The van der Waals surface area contributed by atoms with Gasteiger partial charge >= 0.3 is 0 Å². The molecule has 0 aliphatic heterocycles. The van der Waals surface area contributed by atoms with Crippen molar-refractivity contribution in [3.63, 3.8) is 0 Å². The minimum Gasteiger partial charge on any atom is -0.508 e. The Morgan fingerprint density at radius 3 is 2.27 bits per heavy atom. The van der Waals surface area contributed by atoms with Crippen molar-refractivity contribution in [1.82, 2.24) is 0 Å². The molecule has 2 N–H and O–H groups in total. The number of benzene rings is 3. The molecule has 22 heavy (non-hydrogen) atoms. The van der Waals surface area contributed by atoms with Gasteiger partial charge in [0, 0.05) is 5.02 Å². The summed E-state index contributed by atoms with van der Waals surface area (Å²) in [5.74, 6) is 0.254. The highest BCUT2D eigenvalue weighted by Gasteiger charge is 2.21. The van der Waals surface area contributed by atoms with Crippen LogP contribution in [0.4, 0.5) is 0 Å². The van der Waals surface area contributed by atoms with Crippen LogP contribution in [0.25, 0.3) is 21.9 Å². The Balaban J connectivity index is 2.21. The number of hydrogen-bond acceptors (Lipinski definition) is 2. The molecule has 0 saturated carbocycles. The first kappa shape index (κ1) is 14.9. The first-order chi connectivity index (χ1) is 10.3. The van der Waals surface area contributed by atoms with Crippen molar-refractivity contribution in [1.29, 1.82) is 0 Å². The molecule has 0 amide bonds. The van der Waals surface area contributed by atoms with Gasteiger partial charge < -0.3 is 10.2 Å². The summed E-state index contributed by atoms with van der Waals surface area (Å²) in [6, 6.07) is 16.8. The van der Waals surface area contributed by atoms with Crippen molar-refractivity contribution >= 4 is 22.4 Å². The molecule has 0 heterocycles. The number of rotatable bonds is 2. The van der Waals surface area contributed by atoms with E-state index in [1.54, 1.807) is 32.0 Å². The minimum atomic E-state index is -0.982. The lowest BCUT2D eigenvalue weighted by Crippen LogP contribution is -2.16. The van der Waals surface area contributed by atoms with Crippen molar-refractivity contribution in [2.24, 2.45) is 0 Å². The van der Waals surface area contributed by atoms with E-state index in [0.29, 0.717) is 5.02 Å². The van der Waals surface area contributed by atoms with Gasteiger partial charge in [0.25, 0.3) is 0 Å². The monoisotopic (exact) mass is 312 g/mol. The molecule has 0 radical (unpaired) electrons. The molecule has 0 spiro atoms. The Bertz CT molecular complexity index is 848. The Morgan fingerprint density at radius 1 is 0.864 bits per heavy atom. The Labute approximate surface area is 134 Å². The van der Waals surface area contributed by atoms with Crippen LogP contribution in [0.1, 0.15) is 19.4 Å². The van der Waals surface area contributed by atoms with E-state index in [4.69, 9.17) is 11.6 Å². The van der Waals surface area contributed by atoms with Crippen molar-refractivity contribution in [2.45, 2.75) is 19.4 Å². The van der Waals surface area contributed by atoms with Gasteiger partial charge in [0.2, 0.25) is 0 Å². The maximum absolute atomic E-state index is 10.4. The van der Waals surface area contributed by atoms with Gasteiger partial charge in [0.05, 0.1) is 5.60 Å². The molecule has 0 fully saturated rings. The van der Waals surface area contributed by atoms with Crippen molar-refractivity contribution in [2.75, 3.05) is 0 Å². The zero-order chi connectivity index (χ0) is 15.9. The topological polar surface area (TPSA) is 40.5 Å². The molecule has 0 saturated heterocycles. The van der Waals surface area contributed by atoms with Crippen LogP contribution in [-0.4, -0.2) is 10.2 Å². The minimum absolute atomic E-state index is 0.254. The number of aromatic hydroxyl groups is 1. The molecule has 0 aliphatic rings.